The zero-order chi connectivity index (χ0) is 15.6. The maximum absolute atomic E-state index is 13.8. The van der Waals surface area contributed by atoms with Gasteiger partial charge in [0.15, 0.2) is 5.82 Å². The number of carbonyl (C=O) groups excluding carboxylic acids is 1. The molecule has 0 aliphatic carbocycles. The molecule has 0 atom stereocenters. The van der Waals surface area contributed by atoms with Gasteiger partial charge in [0.05, 0.1) is 18.4 Å². The number of anilines is 2. The van der Waals surface area contributed by atoms with Gasteiger partial charge in [0.1, 0.15) is 11.6 Å². The first-order valence-corrected chi connectivity index (χ1v) is 6.60. The Bertz CT molecular complexity index is 708. The highest BCUT2D eigenvalue weighted by Crippen LogP contribution is 2.25. The molecule has 2 aromatic carbocycles. The van der Waals surface area contributed by atoms with E-state index in [-0.39, 0.29) is 0 Å². The number of rotatable bonds is 3. The first kappa shape index (κ1) is 15.2. The van der Waals surface area contributed by atoms with Crippen molar-refractivity contribution in [2.24, 2.45) is 0 Å². The number of methoxy groups -OCH3 is 1. The Balaban J connectivity index is 2.32. The molecule has 0 fully saturated rings. The van der Waals surface area contributed by atoms with E-state index in [0.717, 1.165) is 12.1 Å². The van der Waals surface area contributed by atoms with Crippen LogP contribution in [0.15, 0.2) is 34.8 Å². The number of nitrogens with one attached hydrogen (secondary N) is 1. The van der Waals surface area contributed by atoms with E-state index in [2.05, 4.69) is 21.2 Å². The van der Waals surface area contributed by atoms with Gasteiger partial charge in [0, 0.05) is 16.2 Å². The van der Waals surface area contributed by atoms with E-state index in [1.807, 2.05) is 0 Å². The normalized spacial score (nSPS) is 10.3. The number of hydrogen-bond donors (Lipinski definition) is 2. The van der Waals surface area contributed by atoms with Crippen molar-refractivity contribution in [1.82, 2.24) is 0 Å². The molecule has 0 unspecified atom stereocenters. The number of hydrogen-bond acceptors (Lipinski definition) is 3. The number of halogens is 3. The monoisotopic (exact) mass is 356 g/mol. The van der Waals surface area contributed by atoms with Crippen LogP contribution in [-0.4, -0.2) is 13.0 Å². The average Bonchev–Trinajstić information content (AvgIpc) is 2.41. The molecule has 0 spiro atoms. The molecule has 0 heterocycles. The quantitative estimate of drug-likeness (QED) is 0.826. The molecule has 0 saturated heterocycles. The first-order valence-electron chi connectivity index (χ1n) is 5.81. The largest absolute Gasteiger partial charge is 0.497 e. The minimum atomic E-state index is -0.962. The minimum absolute atomic E-state index is 0.369. The van der Waals surface area contributed by atoms with Gasteiger partial charge >= 0.3 is 0 Å². The summed E-state index contributed by atoms with van der Waals surface area (Å²) in [6.45, 7) is 0. The Morgan fingerprint density at radius 1 is 1.24 bits per heavy atom. The lowest BCUT2D eigenvalue weighted by Gasteiger charge is -2.09. The van der Waals surface area contributed by atoms with Gasteiger partial charge in [-0.15, -0.1) is 0 Å². The Morgan fingerprint density at radius 3 is 2.62 bits per heavy atom. The van der Waals surface area contributed by atoms with Gasteiger partial charge in [-0.1, -0.05) is 15.9 Å². The molecule has 7 heteroatoms. The molecule has 0 aromatic heterocycles. The fourth-order valence-corrected chi connectivity index (χ4v) is 2.20. The van der Waals surface area contributed by atoms with E-state index in [9.17, 15) is 13.6 Å². The third-order valence-corrected chi connectivity index (χ3v) is 3.13. The van der Waals surface area contributed by atoms with Crippen LogP contribution >= 0.6 is 15.9 Å². The predicted molar refractivity (Wildman–Crippen MR) is 79.4 cm³/mol. The lowest BCUT2D eigenvalue weighted by molar-refractivity contribution is 0.102. The molecule has 0 saturated carbocycles. The molecule has 3 N–H and O–H groups in total. The van der Waals surface area contributed by atoms with Crippen LogP contribution in [0.1, 0.15) is 10.4 Å². The lowest BCUT2D eigenvalue weighted by atomic mass is 10.1. The zero-order valence-corrected chi connectivity index (χ0v) is 12.5. The molecule has 0 aliphatic rings. The second-order valence-electron chi connectivity index (χ2n) is 4.19. The maximum atomic E-state index is 13.8. The van der Waals surface area contributed by atoms with E-state index in [0.29, 0.717) is 15.9 Å². The average molecular weight is 357 g/mol. The molecule has 110 valence electrons. The number of ether oxygens (including phenoxy) is 1. The summed E-state index contributed by atoms with van der Waals surface area (Å²) in [5, 5.41) is 2.46. The molecule has 1 amide bonds. The number of benzene rings is 2. The van der Waals surface area contributed by atoms with E-state index >= 15 is 0 Å². The highest BCUT2D eigenvalue weighted by Gasteiger charge is 2.16. The standard InChI is InChI=1S/C14H11BrF2N2O2/c1-21-10-3-7(15)2-9(6-10)19-14(20)11-4-8(16)5-12(18)13(11)17/h2-6H,18H2,1H3,(H,19,20). The van der Waals surface area contributed by atoms with Crippen molar-refractivity contribution in [1.29, 1.82) is 0 Å². The van der Waals surface area contributed by atoms with Crippen LogP contribution in [0.4, 0.5) is 20.2 Å². The van der Waals surface area contributed by atoms with Crippen molar-refractivity contribution in [2.45, 2.75) is 0 Å². The van der Waals surface area contributed by atoms with Crippen LogP contribution in [0.2, 0.25) is 0 Å². The summed E-state index contributed by atoms with van der Waals surface area (Å²) < 4.78 is 32.7. The lowest BCUT2D eigenvalue weighted by Crippen LogP contribution is -2.15. The Hall–Kier alpha value is -2.15. The molecule has 0 aliphatic heterocycles. The molecule has 2 rings (SSSR count). The summed E-state index contributed by atoms with van der Waals surface area (Å²) in [7, 11) is 1.47. The van der Waals surface area contributed by atoms with Crippen LogP contribution in [0.5, 0.6) is 5.75 Å². The summed E-state index contributed by atoms with van der Waals surface area (Å²) >= 11 is 3.25. The third kappa shape index (κ3) is 3.49. The molecular weight excluding hydrogens is 346 g/mol. The Morgan fingerprint density at radius 2 is 1.95 bits per heavy atom. The van der Waals surface area contributed by atoms with Gasteiger partial charge in [-0.25, -0.2) is 8.78 Å². The van der Waals surface area contributed by atoms with E-state index in [1.165, 1.54) is 7.11 Å². The second-order valence-corrected chi connectivity index (χ2v) is 5.11. The van der Waals surface area contributed by atoms with Crippen molar-refractivity contribution in [2.75, 3.05) is 18.2 Å². The van der Waals surface area contributed by atoms with Crippen LogP contribution in [0.25, 0.3) is 0 Å². The SMILES string of the molecule is COc1cc(Br)cc(NC(=O)c2cc(F)cc(N)c2F)c1. The van der Waals surface area contributed by atoms with Crippen LogP contribution < -0.4 is 15.8 Å². The van der Waals surface area contributed by atoms with Crippen molar-refractivity contribution >= 4 is 33.2 Å². The third-order valence-electron chi connectivity index (χ3n) is 2.68. The van der Waals surface area contributed by atoms with Crippen molar-refractivity contribution in [3.63, 3.8) is 0 Å². The van der Waals surface area contributed by atoms with Crippen LogP contribution in [0, 0.1) is 11.6 Å². The topological polar surface area (TPSA) is 64.3 Å². The van der Waals surface area contributed by atoms with Crippen molar-refractivity contribution in [3.8, 4) is 5.75 Å². The molecule has 2 aromatic rings. The van der Waals surface area contributed by atoms with E-state index in [1.54, 1.807) is 18.2 Å². The smallest absolute Gasteiger partial charge is 0.258 e. The summed E-state index contributed by atoms with van der Waals surface area (Å²) in [6.07, 6.45) is 0. The van der Waals surface area contributed by atoms with Gasteiger partial charge < -0.3 is 15.8 Å². The van der Waals surface area contributed by atoms with Crippen LogP contribution in [-0.2, 0) is 0 Å². The van der Waals surface area contributed by atoms with Gasteiger partial charge in [-0.3, -0.25) is 4.79 Å². The van der Waals surface area contributed by atoms with E-state index in [4.69, 9.17) is 10.5 Å². The fraction of sp³-hybridized carbons (Fsp3) is 0.0714. The van der Waals surface area contributed by atoms with Crippen molar-refractivity contribution < 1.29 is 18.3 Å². The molecule has 0 radical (unpaired) electrons. The first-order chi connectivity index (χ1) is 9.90. The number of amides is 1. The number of carbonyl (C=O) groups is 1. The molecule has 0 bridgehead atoms. The molecule has 21 heavy (non-hydrogen) atoms. The maximum Gasteiger partial charge on any atom is 0.258 e. The Labute approximate surface area is 128 Å². The second kappa shape index (κ2) is 6.09. The predicted octanol–water partition coefficient (Wildman–Crippen LogP) is 3.57. The summed E-state index contributed by atoms with van der Waals surface area (Å²) in [4.78, 5) is 12.0. The van der Waals surface area contributed by atoms with Gasteiger partial charge in [0.25, 0.3) is 5.91 Å². The van der Waals surface area contributed by atoms with Gasteiger partial charge in [0.2, 0.25) is 0 Å². The highest BCUT2D eigenvalue weighted by molar-refractivity contribution is 9.10. The summed E-state index contributed by atoms with van der Waals surface area (Å²) in [5.41, 5.74) is 4.78. The van der Waals surface area contributed by atoms with Crippen LogP contribution in [0.3, 0.4) is 0 Å². The number of nitrogen functional groups attached to an aromatic ring is 1. The van der Waals surface area contributed by atoms with E-state index < -0.39 is 28.8 Å². The van der Waals surface area contributed by atoms with Gasteiger partial charge in [-0.05, 0) is 24.3 Å². The Kier molecular flexibility index (Phi) is 4.42. The number of nitrogens with two attached hydrogens (primary N) is 1. The molecule has 4 nitrogen and oxygen atoms in total. The van der Waals surface area contributed by atoms with Crippen molar-refractivity contribution in [3.05, 3.63) is 52.0 Å². The van der Waals surface area contributed by atoms with Gasteiger partial charge in [-0.2, -0.15) is 0 Å². The zero-order valence-electron chi connectivity index (χ0n) is 10.9. The molecular formula is C14H11BrF2N2O2. The highest BCUT2D eigenvalue weighted by atomic mass is 79.9. The minimum Gasteiger partial charge on any atom is -0.497 e. The fourth-order valence-electron chi connectivity index (χ4n) is 1.73. The summed E-state index contributed by atoms with van der Waals surface area (Å²) in [6, 6.07) is 6.44. The summed E-state index contributed by atoms with van der Waals surface area (Å²) in [5.74, 6) is -2.06.